The SMILES string of the molecule is COc1cccc2c1CCC2(N)C(=O)O. The van der Waals surface area contributed by atoms with Crippen LogP contribution in [-0.2, 0) is 16.8 Å². The molecule has 1 aromatic carbocycles. The van der Waals surface area contributed by atoms with Gasteiger partial charge in [0.25, 0.3) is 0 Å². The van der Waals surface area contributed by atoms with Crippen LogP contribution in [0.3, 0.4) is 0 Å². The van der Waals surface area contributed by atoms with Gasteiger partial charge in [-0.2, -0.15) is 0 Å². The molecule has 0 bridgehead atoms. The van der Waals surface area contributed by atoms with Crippen molar-refractivity contribution < 1.29 is 14.6 Å². The third-order valence-electron chi connectivity index (χ3n) is 2.98. The number of ether oxygens (including phenoxy) is 1. The lowest BCUT2D eigenvalue weighted by atomic mass is 9.93. The molecule has 1 atom stereocenters. The molecule has 1 aromatic rings. The fraction of sp³-hybridized carbons (Fsp3) is 0.364. The number of carboxylic acids is 1. The zero-order valence-electron chi connectivity index (χ0n) is 8.49. The van der Waals surface area contributed by atoms with E-state index in [1.165, 1.54) is 0 Å². The van der Waals surface area contributed by atoms with Crippen LogP contribution in [0.15, 0.2) is 18.2 Å². The minimum Gasteiger partial charge on any atom is -0.496 e. The van der Waals surface area contributed by atoms with Crippen molar-refractivity contribution >= 4 is 5.97 Å². The standard InChI is InChI=1S/C11H13NO3/c1-15-9-4-2-3-8-7(9)5-6-11(8,12)10(13)14/h2-4H,5-6,12H2,1H3,(H,13,14). The first-order valence-electron chi connectivity index (χ1n) is 4.78. The van der Waals surface area contributed by atoms with Crippen molar-refractivity contribution in [2.45, 2.75) is 18.4 Å². The summed E-state index contributed by atoms with van der Waals surface area (Å²) in [4.78, 5) is 11.1. The van der Waals surface area contributed by atoms with Crippen LogP contribution < -0.4 is 10.5 Å². The molecule has 3 N–H and O–H groups in total. The van der Waals surface area contributed by atoms with Gasteiger partial charge in [0.05, 0.1) is 7.11 Å². The smallest absolute Gasteiger partial charge is 0.328 e. The van der Waals surface area contributed by atoms with E-state index in [9.17, 15) is 4.79 Å². The average Bonchev–Trinajstić information content (AvgIpc) is 2.58. The Morgan fingerprint density at radius 1 is 1.60 bits per heavy atom. The molecule has 1 aliphatic rings. The van der Waals surface area contributed by atoms with Gasteiger partial charge in [0, 0.05) is 0 Å². The Hall–Kier alpha value is -1.55. The maximum Gasteiger partial charge on any atom is 0.328 e. The van der Waals surface area contributed by atoms with E-state index in [1.807, 2.05) is 6.07 Å². The molecular formula is C11H13NO3. The second-order valence-corrected chi connectivity index (χ2v) is 3.76. The predicted molar refractivity (Wildman–Crippen MR) is 54.8 cm³/mol. The Bertz CT molecular complexity index is 416. The fourth-order valence-corrected chi connectivity index (χ4v) is 2.11. The highest BCUT2D eigenvalue weighted by molar-refractivity contribution is 5.82. The fourth-order valence-electron chi connectivity index (χ4n) is 2.11. The van der Waals surface area contributed by atoms with E-state index in [4.69, 9.17) is 15.6 Å². The highest BCUT2D eigenvalue weighted by atomic mass is 16.5. The number of nitrogens with two attached hydrogens (primary N) is 1. The Labute approximate surface area is 87.7 Å². The van der Waals surface area contributed by atoms with Crippen molar-refractivity contribution in [3.05, 3.63) is 29.3 Å². The van der Waals surface area contributed by atoms with Gasteiger partial charge in [-0.05, 0) is 30.0 Å². The van der Waals surface area contributed by atoms with Crippen LogP contribution in [0.1, 0.15) is 17.5 Å². The summed E-state index contributed by atoms with van der Waals surface area (Å²) in [6.07, 6.45) is 1.08. The summed E-state index contributed by atoms with van der Waals surface area (Å²) in [7, 11) is 1.58. The molecule has 2 rings (SSSR count). The van der Waals surface area contributed by atoms with Crippen molar-refractivity contribution in [3.63, 3.8) is 0 Å². The van der Waals surface area contributed by atoms with Crippen molar-refractivity contribution in [2.24, 2.45) is 5.73 Å². The van der Waals surface area contributed by atoms with Crippen LogP contribution in [0.2, 0.25) is 0 Å². The quantitative estimate of drug-likeness (QED) is 0.755. The Kier molecular flexibility index (Phi) is 2.16. The van der Waals surface area contributed by atoms with Crippen molar-refractivity contribution in [1.29, 1.82) is 0 Å². The van der Waals surface area contributed by atoms with Crippen LogP contribution in [0.4, 0.5) is 0 Å². The molecule has 4 nitrogen and oxygen atoms in total. The van der Waals surface area contributed by atoms with E-state index < -0.39 is 11.5 Å². The molecule has 0 saturated carbocycles. The monoisotopic (exact) mass is 207 g/mol. The minimum atomic E-state index is -1.25. The minimum absolute atomic E-state index is 0.429. The molecule has 0 fully saturated rings. The molecule has 0 aromatic heterocycles. The number of methoxy groups -OCH3 is 1. The van der Waals surface area contributed by atoms with Crippen LogP contribution in [-0.4, -0.2) is 18.2 Å². The number of benzene rings is 1. The second kappa shape index (κ2) is 3.24. The molecule has 15 heavy (non-hydrogen) atoms. The molecule has 1 aliphatic carbocycles. The summed E-state index contributed by atoms with van der Waals surface area (Å²) >= 11 is 0. The molecular weight excluding hydrogens is 194 g/mol. The van der Waals surface area contributed by atoms with E-state index in [1.54, 1.807) is 19.2 Å². The topological polar surface area (TPSA) is 72.5 Å². The van der Waals surface area contributed by atoms with Gasteiger partial charge in [-0.1, -0.05) is 12.1 Å². The lowest BCUT2D eigenvalue weighted by molar-refractivity contribution is -0.143. The molecule has 0 radical (unpaired) electrons. The first-order valence-corrected chi connectivity index (χ1v) is 4.78. The first kappa shape index (κ1) is 9.98. The number of carbonyl (C=O) groups is 1. The van der Waals surface area contributed by atoms with Gasteiger partial charge < -0.3 is 15.6 Å². The van der Waals surface area contributed by atoms with Gasteiger partial charge in [0.2, 0.25) is 0 Å². The Morgan fingerprint density at radius 2 is 2.33 bits per heavy atom. The molecule has 0 saturated heterocycles. The summed E-state index contributed by atoms with van der Waals surface area (Å²) in [5, 5.41) is 9.12. The Morgan fingerprint density at radius 3 is 2.93 bits per heavy atom. The largest absolute Gasteiger partial charge is 0.496 e. The van der Waals surface area contributed by atoms with Gasteiger partial charge in [-0.3, -0.25) is 0 Å². The molecule has 0 heterocycles. The summed E-state index contributed by atoms with van der Waals surface area (Å²) < 4.78 is 5.18. The number of aliphatic carboxylic acids is 1. The third-order valence-corrected chi connectivity index (χ3v) is 2.98. The van der Waals surface area contributed by atoms with E-state index >= 15 is 0 Å². The van der Waals surface area contributed by atoms with Crippen LogP contribution >= 0.6 is 0 Å². The van der Waals surface area contributed by atoms with E-state index in [0.29, 0.717) is 18.4 Å². The van der Waals surface area contributed by atoms with Crippen molar-refractivity contribution in [1.82, 2.24) is 0 Å². The third kappa shape index (κ3) is 1.29. The zero-order chi connectivity index (χ0) is 11.1. The average molecular weight is 207 g/mol. The van der Waals surface area contributed by atoms with Gasteiger partial charge in [0.1, 0.15) is 11.3 Å². The molecule has 80 valence electrons. The lowest BCUT2D eigenvalue weighted by Gasteiger charge is -2.19. The number of rotatable bonds is 2. The number of carboxylic acid groups (broad SMARTS) is 1. The van der Waals surface area contributed by atoms with E-state index in [-0.39, 0.29) is 0 Å². The number of fused-ring (bicyclic) bond motifs is 1. The maximum absolute atomic E-state index is 11.1. The molecule has 4 heteroatoms. The van der Waals surface area contributed by atoms with Gasteiger partial charge >= 0.3 is 5.97 Å². The first-order chi connectivity index (χ1) is 7.09. The molecule has 0 aliphatic heterocycles. The second-order valence-electron chi connectivity index (χ2n) is 3.76. The molecule has 1 unspecified atom stereocenters. The van der Waals surface area contributed by atoms with Crippen molar-refractivity contribution in [3.8, 4) is 5.75 Å². The van der Waals surface area contributed by atoms with E-state index in [2.05, 4.69) is 0 Å². The molecule has 0 spiro atoms. The lowest BCUT2D eigenvalue weighted by Crippen LogP contribution is -2.42. The van der Waals surface area contributed by atoms with E-state index in [0.717, 1.165) is 11.3 Å². The highest BCUT2D eigenvalue weighted by Crippen LogP contribution is 2.39. The van der Waals surface area contributed by atoms with Gasteiger partial charge in [-0.25, -0.2) is 4.79 Å². The van der Waals surface area contributed by atoms with Crippen LogP contribution in [0, 0.1) is 0 Å². The number of hydrogen-bond donors (Lipinski definition) is 2. The van der Waals surface area contributed by atoms with Crippen LogP contribution in [0.25, 0.3) is 0 Å². The summed E-state index contributed by atoms with van der Waals surface area (Å²) in [6, 6.07) is 5.36. The summed E-state index contributed by atoms with van der Waals surface area (Å²) in [5.41, 5.74) is 6.23. The van der Waals surface area contributed by atoms with Crippen LogP contribution in [0.5, 0.6) is 5.75 Å². The molecule has 0 amide bonds. The number of hydrogen-bond acceptors (Lipinski definition) is 3. The van der Waals surface area contributed by atoms with Gasteiger partial charge in [-0.15, -0.1) is 0 Å². The summed E-state index contributed by atoms with van der Waals surface area (Å²) in [6.45, 7) is 0. The Balaban J connectivity index is 2.57. The summed E-state index contributed by atoms with van der Waals surface area (Å²) in [5.74, 6) is -0.254. The maximum atomic E-state index is 11.1. The predicted octanol–water partition coefficient (Wildman–Crippen LogP) is 0.880. The zero-order valence-corrected chi connectivity index (χ0v) is 8.49. The van der Waals surface area contributed by atoms with Gasteiger partial charge in [0.15, 0.2) is 0 Å². The highest BCUT2D eigenvalue weighted by Gasteiger charge is 2.42. The van der Waals surface area contributed by atoms with Crippen molar-refractivity contribution in [2.75, 3.05) is 7.11 Å². The normalized spacial score (nSPS) is 23.6.